The molecule has 0 spiro atoms. The Bertz CT molecular complexity index is 672. The smallest absolute Gasteiger partial charge is 0.359 e. The van der Waals surface area contributed by atoms with Gasteiger partial charge in [0.1, 0.15) is 0 Å². The molecule has 8 heteroatoms. The van der Waals surface area contributed by atoms with Crippen LogP contribution in [-0.2, 0) is 11.0 Å². The van der Waals surface area contributed by atoms with E-state index in [1.165, 1.54) is 12.1 Å². The summed E-state index contributed by atoms with van der Waals surface area (Å²) in [4.78, 5) is 16.3. The molecule has 5 nitrogen and oxygen atoms in total. The summed E-state index contributed by atoms with van der Waals surface area (Å²) < 4.78 is 38.6. The van der Waals surface area contributed by atoms with Crippen LogP contribution in [0.4, 0.5) is 13.2 Å². The molecular formula is C20H31F3N4O. The lowest BCUT2D eigenvalue weighted by atomic mass is 9.93. The summed E-state index contributed by atoms with van der Waals surface area (Å²) in [5.74, 6) is 0.445. The first-order valence-corrected chi connectivity index (χ1v) is 9.42. The summed E-state index contributed by atoms with van der Waals surface area (Å²) in [5, 5.41) is 8.92. The number of nitrogens with one attached hydrogen (secondary N) is 3. The first kappa shape index (κ1) is 23.8. The monoisotopic (exact) mass is 400 g/mol. The molecule has 1 unspecified atom stereocenters. The molecule has 1 aromatic carbocycles. The fraction of sp³-hybridized carbons (Fsp3) is 0.600. The van der Waals surface area contributed by atoms with E-state index in [-0.39, 0.29) is 11.8 Å². The zero-order valence-corrected chi connectivity index (χ0v) is 17.2. The number of carbonyl (C=O) groups is 1. The maximum absolute atomic E-state index is 12.9. The Morgan fingerprint density at radius 3 is 2.46 bits per heavy atom. The second kappa shape index (κ2) is 10.3. The molecule has 1 aromatic rings. The first-order valence-electron chi connectivity index (χ1n) is 9.42. The van der Waals surface area contributed by atoms with Crippen molar-refractivity contribution in [2.24, 2.45) is 10.4 Å². The van der Waals surface area contributed by atoms with Gasteiger partial charge in [0, 0.05) is 20.1 Å². The predicted molar refractivity (Wildman–Crippen MR) is 106 cm³/mol. The number of aliphatic imine (C=N–C) groups is 1. The molecule has 0 saturated carbocycles. The van der Waals surface area contributed by atoms with Crippen LogP contribution in [0.3, 0.4) is 0 Å². The van der Waals surface area contributed by atoms with Gasteiger partial charge in [-0.2, -0.15) is 13.2 Å². The molecule has 0 aliphatic carbocycles. The molecule has 3 N–H and O–H groups in total. The fourth-order valence-electron chi connectivity index (χ4n) is 2.62. The van der Waals surface area contributed by atoms with Crippen molar-refractivity contribution >= 4 is 11.9 Å². The van der Waals surface area contributed by atoms with Gasteiger partial charge in [-0.15, -0.1) is 0 Å². The number of alkyl halides is 3. The lowest BCUT2D eigenvalue weighted by Gasteiger charge is -2.21. The van der Waals surface area contributed by atoms with Gasteiger partial charge in [0.2, 0.25) is 5.91 Å². The number of rotatable bonds is 8. The second-order valence-corrected chi connectivity index (χ2v) is 7.40. The number of carbonyl (C=O) groups excluding carboxylic acids is 1. The Kier molecular flexibility index (Phi) is 8.78. The molecular weight excluding hydrogens is 369 g/mol. The van der Waals surface area contributed by atoms with E-state index < -0.39 is 17.2 Å². The van der Waals surface area contributed by atoms with Crippen molar-refractivity contribution in [3.63, 3.8) is 0 Å². The third-order valence-corrected chi connectivity index (χ3v) is 4.47. The van der Waals surface area contributed by atoms with Crippen LogP contribution in [0.15, 0.2) is 29.3 Å². The standard InChI is InChI=1S/C20H31F3N4O/c1-6-25-18(27-13-19(3,4)17(28)24-5)26-11-10-14(2)15-8-7-9-16(12-15)20(21,22)23/h7-9,12,14H,6,10-11,13H2,1-5H3,(H,24,28)(H2,25,26,27). The van der Waals surface area contributed by atoms with E-state index in [1.54, 1.807) is 13.1 Å². The fourth-order valence-corrected chi connectivity index (χ4v) is 2.62. The summed E-state index contributed by atoms with van der Waals surface area (Å²) in [7, 11) is 1.59. The number of nitrogens with zero attached hydrogens (tertiary/aromatic N) is 1. The Morgan fingerprint density at radius 2 is 1.89 bits per heavy atom. The van der Waals surface area contributed by atoms with Crippen LogP contribution in [0, 0.1) is 5.41 Å². The van der Waals surface area contributed by atoms with E-state index in [0.717, 1.165) is 6.07 Å². The maximum Gasteiger partial charge on any atom is 0.416 e. The van der Waals surface area contributed by atoms with Crippen molar-refractivity contribution in [2.75, 3.05) is 26.7 Å². The largest absolute Gasteiger partial charge is 0.416 e. The first-order chi connectivity index (χ1) is 13.0. The van der Waals surface area contributed by atoms with Gasteiger partial charge in [-0.1, -0.05) is 25.1 Å². The number of guanidine groups is 1. The molecule has 0 bridgehead atoms. The zero-order valence-electron chi connectivity index (χ0n) is 17.2. The van der Waals surface area contributed by atoms with Gasteiger partial charge in [-0.3, -0.25) is 9.79 Å². The zero-order chi connectivity index (χ0) is 21.4. The highest BCUT2D eigenvalue weighted by atomic mass is 19.4. The Labute approximate surface area is 165 Å². The third kappa shape index (κ3) is 7.40. The summed E-state index contributed by atoms with van der Waals surface area (Å²) >= 11 is 0. The number of amides is 1. The van der Waals surface area contributed by atoms with Gasteiger partial charge in [-0.05, 0) is 44.7 Å². The van der Waals surface area contributed by atoms with Crippen LogP contribution in [0.5, 0.6) is 0 Å². The van der Waals surface area contributed by atoms with Gasteiger partial charge in [0.15, 0.2) is 5.96 Å². The molecule has 0 aliphatic heterocycles. The van der Waals surface area contributed by atoms with Crippen LogP contribution in [-0.4, -0.2) is 38.5 Å². The number of halogens is 3. The Balaban J connectivity index is 2.67. The number of hydrogen-bond acceptors (Lipinski definition) is 2. The molecule has 0 aliphatic rings. The Morgan fingerprint density at radius 1 is 1.21 bits per heavy atom. The van der Waals surface area contributed by atoms with Crippen molar-refractivity contribution in [3.05, 3.63) is 35.4 Å². The number of benzene rings is 1. The van der Waals surface area contributed by atoms with Crippen molar-refractivity contribution in [1.29, 1.82) is 0 Å². The second-order valence-electron chi connectivity index (χ2n) is 7.40. The summed E-state index contributed by atoms with van der Waals surface area (Å²) in [6.07, 6.45) is -3.69. The molecule has 1 atom stereocenters. The highest BCUT2D eigenvalue weighted by Crippen LogP contribution is 2.31. The lowest BCUT2D eigenvalue weighted by Crippen LogP contribution is -2.41. The third-order valence-electron chi connectivity index (χ3n) is 4.47. The molecule has 1 amide bonds. The quantitative estimate of drug-likeness (QED) is 0.462. The average molecular weight is 400 g/mol. The minimum atomic E-state index is -4.34. The molecule has 28 heavy (non-hydrogen) atoms. The lowest BCUT2D eigenvalue weighted by molar-refractivity contribution is -0.137. The Hall–Kier alpha value is -2.25. The van der Waals surface area contributed by atoms with Gasteiger partial charge in [0.05, 0.1) is 17.5 Å². The maximum atomic E-state index is 12.9. The van der Waals surface area contributed by atoms with Crippen molar-refractivity contribution in [3.8, 4) is 0 Å². The average Bonchev–Trinajstić information content (AvgIpc) is 2.64. The summed E-state index contributed by atoms with van der Waals surface area (Å²) in [5.41, 5.74) is -0.613. The summed E-state index contributed by atoms with van der Waals surface area (Å²) in [6, 6.07) is 5.44. The SMILES string of the molecule is CCNC(=NCC(C)(C)C(=O)NC)NCCC(C)c1cccc(C(F)(F)F)c1. The van der Waals surface area contributed by atoms with Crippen molar-refractivity contribution in [1.82, 2.24) is 16.0 Å². The van der Waals surface area contributed by atoms with E-state index in [9.17, 15) is 18.0 Å². The van der Waals surface area contributed by atoms with Gasteiger partial charge >= 0.3 is 6.18 Å². The molecule has 158 valence electrons. The van der Waals surface area contributed by atoms with Crippen LogP contribution in [0.1, 0.15) is 51.2 Å². The minimum absolute atomic E-state index is 0.0417. The highest BCUT2D eigenvalue weighted by Gasteiger charge is 2.30. The van der Waals surface area contributed by atoms with Crippen LogP contribution < -0.4 is 16.0 Å². The van der Waals surface area contributed by atoms with E-state index in [0.29, 0.717) is 37.6 Å². The molecule has 0 aromatic heterocycles. The molecule has 0 heterocycles. The minimum Gasteiger partial charge on any atom is -0.359 e. The number of hydrogen-bond donors (Lipinski definition) is 3. The molecule has 0 saturated heterocycles. The van der Waals surface area contributed by atoms with Crippen molar-refractivity contribution in [2.45, 2.75) is 46.2 Å². The van der Waals surface area contributed by atoms with Crippen LogP contribution >= 0.6 is 0 Å². The van der Waals surface area contributed by atoms with Crippen LogP contribution in [0.25, 0.3) is 0 Å². The van der Waals surface area contributed by atoms with E-state index in [4.69, 9.17) is 0 Å². The van der Waals surface area contributed by atoms with Gasteiger partial charge in [-0.25, -0.2) is 0 Å². The molecule has 1 rings (SSSR count). The van der Waals surface area contributed by atoms with Gasteiger partial charge < -0.3 is 16.0 Å². The van der Waals surface area contributed by atoms with Crippen LogP contribution in [0.2, 0.25) is 0 Å². The van der Waals surface area contributed by atoms with E-state index >= 15 is 0 Å². The summed E-state index contributed by atoms with van der Waals surface area (Å²) in [6.45, 7) is 8.98. The van der Waals surface area contributed by atoms with E-state index in [1.807, 2.05) is 27.7 Å². The van der Waals surface area contributed by atoms with Gasteiger partial charge in [0.25, 0.3) is 0 Å². The molecule has 0 fully saturated rings. The molecule has 0 radical (unpaired) electrons. The normalized spacial score (nSPS) is 13.8. The van der Waals surface area contributed by atoms with Crippen molar-refractivity contribution < 1.29 is 18.0 Å². The predicted octanol–water partition coefficient (Wildman–Crippen LogP) is 3.53. The topological polar surface area (TPSA) is 65.5 Å². The highest BCUT2D eigenvalue weighted by molar-refractivity contribution is 5.83. The van der Waals surface area contributed by atoms with E-state index in [2.05, 4.69) is 20.9 Å².